The zero-order chi connectivity index (χ0) is 11.2. The van der Waals surface area contributed by atoms with Gasteiger partial charge in [-0.2, -0.15) is 0 Å². The van der Waals surface area contributed by atoms with Crippen LogP contribution in [-0.2, 0) is 19.3 Å². The molecule has 1 unspecified atom stereocenters. The molecular formula is C9H20O4S. The van der Waals surface area contributed by atoms with Gasteiger partial charge in [0.25, 0.3) is 0 Å². The molecule has 0 heterocycles. The molecule has 0 aliphatic carbocycles. The van der Waals surface area contributed by atoms with Crippen LogP contribution in [0, 0.1) is 0 Å². The van der Waals surface area contributed by atoms with E-state index in [0.717, 1.165) is 12.8 Å². The van der Waals surface area contributed by atoms with Gasteiger partial charge in [-0.05, 0) is 6.42 Å². The van der Waals surface area contributed by atoms with Crippen LogP contribution < -0.4 is 0 Å². The Balaban J connectivity index is 4.54. The van der Waals surface area contributed by atoms with Crippen LogP contribution in [-0.4, -0.2) is 40.4 Å². The van der Waals surface area contributed by atoms with Crippen molar-refractivity contribution in [1.29, 1.82) is 0 Å². The minimum Gasteiger partial charge on any atom is -0.355 e. The van der Waals surface area contributed by atoms with Gasteiger partial charge >= 0.3 is 0 Å². The van der Waals surface area contributed by atoms with Gasteiger partial charge in [-0.1, -0.05) is 19.8 Å². The van der Waals surface area contributed by atoms with Crippen LogP contribution in [0.5, 0.6) is 0 Å². The third kappa shape index (κ3) is 4.39. The summed E-state index contributed by atoms with van der Waals surface area (Å²) in [5, 5.41) is -0.558. The largest absolute Gasteiger partial charge is 0.355 e. The predicted octanol–water partition coefficient (Wildman–Crippen LogP) is 1.21. The Morgan fingerprint density at radius 3 is 2.00 bits per heavy atom. The topological polar surface area (TPSA) is 52.6 Å². The highest BCUT2D eigenvalue weighted by atomic mass is 32.2. The van der Waals surface area contributed by atoms with E-state index in [-0.39, 0.29) is 0 Å². The summed E-state index contributed by atoms with van der Waals surface area (Å²) in [6.45, 7) is 2.02. The average molecular weight is 224 g/mol. The minimum absolute atomic E-state index is 0.558. The summed E-state index contributed by atoms with van der Waals surface area (Å²) in [4.78, 5) is 0. The molecule has 0 radical (unpaired) electrons. The summed E-state index contributed by atoms with van der Waals surface area (Å²) in [5.74, 6) is 0. The fourth-order valence-electron chi connectivity index (χ4n) is 1.36. The molecule has 0 aromatic rings. The summed E-state index contributed by atoms with van der Waals surface area (Å²) in [5.41, 5.74) is 0. The van der Waals surface area contributed by atoms with Crippen molar-refractivity contribution in [2.75, 3.05) is 20.5 Å². The first kappa shape index (κ1) is 13.9. The summed E-state index contributed by atoms with van der Waals surface area (Å²) in [6.07, 6.45) is 2.98. The first-order valence-electron chi connectivity index (χ1n) is 4.71. The van der Waals surface area contributed by atoms with Gasteiger partial charge in [0.1, 0.15) is 5.25 Å². The second-order valence-corrected chi connectivity index (χ2v) is 5.61. The monoisotopic (exact) mass is 224 g/mol. The molecule has 1 atom stereocenters. The molecule has 0 N–H and O–H groups in total. The fraction of sp³-hybridized carbons (Fsp3) is 1.00. The summed E-state index contributed by atoms with van der Waals surface area (Å²) in [6, 6.07) is 0. The second-order valence-electron chi connectivity index (χ2n) is 3.35. The molecule has 0 aromatic heterocycles. The van der Waals surface area contributed by atoms with Gasteiger partial charge in [0.05, 0.1) is 0 Å². The van der Waals surface area contributed by atoms with Crippen LogP contribution in [0.1, 0.15) is 26.2 Å². The van der Waals surface area contributed by atoms with E-state index in [1.807, 2.05) is 6.92 Å². The normalized spacial score (nSPS) is 14.6. The number of hydrogen-bond donors (Lipinski definition) is 0. The third-order valence-corrected chi connectivity index (χ3v) is 3.72. The first-order chi connectivity index (χ1) is 6.47. The van der Waals surface area contributed by atoms with Crippen LogP contribution in [0.2, 0.25) is 0 Å². The Bertz CT molecular complexity index is 231. The molecule has 0 saturated carbocycles. The molecule has 4 nitrogen and oxygen atoms in total. The van der Waals surface area contributed by atoms with Crippen molar-refractivity contribution in [3.8, 4) is 0 Å². The molecule has 5 heteroatoms. The van der Waals surface area contributed by atoms with Gasteiger partial charge < -0.3 is 9.47 Å². The van der Waals surface area contributed by atoms with Gasteiger partial charge in [0.2, 0.25) is 0 Å². The zero-order valence-corrected chi connectivity index (χ0v) is 10.1. The summed E-state index contributed by atoms with van der Waals surface area (Å²) < 4.78 is 32.8. The SMILES string of the molecule is CCCCC(C(OC)OC)S(C)(=O)=O. The molecule has 0 spiro atoms. The van der Waals surface area contributed by atoms with Crippen molar-refractivity contribution < 1.29 is 17.9 Å². The van der Waals surface area contributed by atoms with Crippen molar-refractivity contribution in [3.63, 3.8) is 0 Å². The second kappa shape index (κ2) is 6.37. The Morgan fingerprint density at radius 2 is 1.71 bits per heavy atom. The Hall–Kier alpha value is -0.130. The first-order valence-corrected chi connectivity index (χ1v) is 6.67. The van der Waals surface area contributed by atoms with E-state index in [9.17, 15) is 8.42 Å². The summed E-state index contributed by atoms with van der Waals surface area (Å²) >= 11 is 0. The Labute approximate surface area is 86.5 Å². The van der Waals surface area contributed by atoms with Crippen molar-refractivity contribution >= 4 is 9.84 Å². The van der Waals surface area contributed by atoms with Gasteiger partial charge in [0, 0.05) is 20.5 Å². The van der Waals surface area contributed by atoms with Crippen LogP contribution in [0.15, 0.2) is 0 Å². The molecule has 0 bridgehead atoms. The van der Waals surface area contributed by atoms with E-state index in [2.05, 4.69) is 0 Å². The smallest absolute Gasteiger partial charge is 0.173 e. The molecule has 14 heavy (non-hydrogen) atoms. The maximum absolute atomic E-state index is 11.4. The van der Waals surface area contributed by atoms with Crippen molar-refractivity contribution in [1.82, 2.24) is 0 Å². The number of rotatable bonds is 7. The van der Waals surface area contributed by atoms with Gasteiger partial charge in [-0.3, -0.25) is 0 Å². The lowest BCUT2D eigenvalue weighted by molar-refractivity contribution is -0.104. The highest BCUT2D eigenvalue weighted by Gasteiger charge is 2.29. The van der Waals surface area contributed by atoms with E-state index >= 15 is 0 Å². The lowest BCUT2D eigenvalue weighted by atomic mass is 10.2. The van der Waals surface area contributed by atoms with E-state index in [0.29, 0.717) is 6.42 Å². The lowest BCUT2D eigenvalue weighted by Gasteiger charge is -2.22. The van der Waals surface area contributed by atoms with E-state index in [1.165, 1.54) is 20.5 Å². The highest BCUT2D eigenvalue weighted by molar-refractivity contribution is 7.91. The van der Waals surface area contributed by atoms with Crippen molar-refractivity contribution in [2.24, 2.45) is 0 Å². The number of unbranched alkanes of at least 4 members (excludes halogenated alkanes) is 1. The number of hydrogen-bond acceptors (Lipinski definition) is 4. The molecular weight excluding hydrogens is 204 g/mol. The Kier molecular flexibility index (Phi) is 6.31. The molecule has 86 valence electrons. The quantitative estimate of drug-likeness (QED) is 0.610. The van der Waals surface area contributed by atoms with Crippen molar-refractivity contribution in [3.05, 3.63) is 0 Å². The van der Waals surface area contributed by atoms with Crippen LogP contribution >= 0.6 is 0 Å². The van der Waals surface area contributed by atoms with Gasteiger partial charge in [-0.25, -0.2) is 8.42 Å². The van der Waals surface area contributed by atoms with Crippen LogP contribution in [0.3, 0.4) is 0 Å². The molecule has 0 amide bonds. The maximum atomic E-state index is 11.4. The Morgan fingerprint density at radius 1 is 1.21 bits per heavy atom. The fourth-order valence-corrected chi connectivity index (χ4v) is 2.58. The van der Waals surface area contributed by atoms with Crippen LogP contribution in [0.4, 0.5) is 0 Å². The third-order valence-electron chi connectivity index (χ3n) is 2.16. The zero-order valence-electron chi connectivity index (χ0n) is 9.32. The average Bonchev–Trinajstić information content (AvgIpc) is 2.10. The molecule has 0 saturated heterocycles. The molecule has 0 fully saturated rings. The van der Waals surface area contributed by atoms with E-state index < -0.39 is 21.4 Å². The lowest BCUT2D eigenvalue weighted by Crippen LogP contribution is -2.36. The molecule has 0 aliphatic heterocycles. The highest BCUT2D eigenvalue weighted by Crippen LogP contribution is 2.16. The summed E-state index contributed by atoms with van der Waals surface area (Å²) in [7, 11) is -0.197. The number of sulfone groups is 1. The number of methoxy groups -OCH3 is 2. The van der Waals surface area contributed by atoms with Crippen molar-refractivity contribution in [2.45, 2.75) is 37.7 Å². The maximum Gasteiger partial charge on any atom is 0.173 e. The van der Waals surface area contributed by atoms with E-state index in [1.54, 1.807) is 0 Å². The van der Waals surface area contributed by atoms with E-state index in [4.69, 9.17) is 9.47 Å². The predicted molar refractivity (Wildman–Crippen MR) is 56.0 cm³/mol. The molecule has 0 aliphatic rings. The number of ether oxygens (including phenoxy) is 2. The standard InChI is InChI=1S/C9H20O4S/c1-5-6-7-8(14(4,10)11)9(12-2)13-3/h8-9H,5-7H2,1-4H3. The van der Waals surface area contributed by atoms with Crippen LogP contribution in [0.25, 0.3) is 0 Å². The van der Waals surface area contributed by atoms with Gasteiger partial charge in [-0.15, -0.1) is 0 Å². The minimum atomic E-state index is -3.11. The molecule has 0 rings (SSSR count). The molecule has 0 aromatic carbocycles. The van der Waals surface area contributed by atoms with Gasteiger partial charge in [0.15, 0.2) is 16.1 Å².